The van der Waals surface area contributed by atoms with E-state index in [4.69, 9.17) is 11.6 Å². The molecule has 0 radical (unpaired) electrons. The lowest BCUT2D eigenvalue weighted by molar-refractivity contribution is 0.259. The SMILES string of the molecule is CN1CCCC/C1=N/C(=O)Nc1ccc(Cl)cc1. The first-order valence-electron chi connectivity index (χ1n) is 6.00. The third kappa shape index (κ3) is 3.47. The van der Waals surface area contributed by atoms with Crippen molar-refractivity contribution < 1.29 is 4.79 Å². The van der Waals surface area contributed by atoms with Crippen molar-refractivity contribution in [1.82, 2.24) is 4.90 Å². The first kappa shape index (κ1) is 12.9. The van der Waals surface area contributed by atoms with Gasteiger partial charge in [0.15, 0.2) is 0 Å². The molecule has 1 heterocycles. The summed E-state index contributed by atoms with van der Waals surface area (Å²) >= 11 is 5.78. The van der Waals surface area contributed by atoms with Crippen molar-refractivity contribution in [3.05, 3.63) is 29.3 Å². The van der Waals surface area contributed by atoms with E-state index in [1.807, 2.05) is 11.9 Å². The minimum absolute atomic E-state index is 0.332. The van der Waals surface area contributed by atoms with Gasteiger partial charge in [0.1, 0.15) is 5.84 Å². The number of hydrogen-bond donors (Lipinski definition) is 1. The maximum Gasteiger partial charge on any atom is 0.347 e. The molecule has 0 atom stereocenters. The molecule has 1 aliphatic rings. The molecule has 0 aliphatic carbocycles. The zero-order valence-corrected chi connectivity index (χ0v) is 11.1. The highest BCUT2D eigenvalue weighted by atomic mass is 35.5. The molecule has 5 heteroatoms. The van der Waals surface area contributed by atoms with Crippen molar-refractivity contribution in [2.24, 2.45) is 4.99 Å². The molecule has 0 unspecified atom stereocenters. The van der Waals surface area contributed by atoms with Gasteiger partial charge < -0.3 is 10.2 Å². The first-order chi connectivity index (χ1) is 8.65. The van der Waals surface area contributed by atoms with Gasteiger partial charge in [0.25, 0.3) is 0 Å². The number of benzene rings is 1. The van der Waals surface area contributed by atoms with Gasteiger partial charge in [-0.3, -0.25) is 0 Å². The molecule has 4 nitrogen and oxygen atoms in total. The summed E-state index contributed by atoms with van der Waals surface area (Å²) in [6, 6.07) is 6.64. The van der Waals surface area contributed by atoms with E-state index >= 15 is 0 Å². The number of nitrogens with zero attached hydrogens (tertiary/aromatic N) is 2. The van der Waals surface area contributed by atoms with E-state index in [1.54, 1.807) is 24.3 Å². The predicted molar refractivity (Wildman–Crippen MR) is 74.4 cm³/mol. The molecular weight excluding hydrogens is 250 g/mol. The third-order valence-electron chi connectivity index (χ3n) is 2.91. The molecule has 1 fully saturated rings. The van der Waals surface area contributed by atoms with Crippen LogP contribution >= 0.6 is 11.6 Å². The van der Waals surface area contributed by atoms with Crippen LogP contribution < -0.4 is 5.32 Å². The van der Waals surface area contributed by atoms with Crippen LogP contribution in [-0.2, 0) is 0 Å². The fraction of sp³-hybridized carbons (Fsp3) is 0.385. The molecule has 1 aromatic carbocycles. The van der Waals surface area contributed by atoms with Crippen molar-refractivity contribution in [1.29, 1.82) is 0 Å². The predicted octanol–water partition coefficient (Wildman–Crippen LogP) is 3.39. The van der Waals surface area contributed by atoms with Gasteiger partial charge in [0.2, 0.25) is 0 Å². The lowest BCUT2D eigenvalue weighted by Crippen LogP contribution is -2.32. The van der Waals surface area contributed by atoms with Crippen LogP contribution in [0.1, 0.15) is 19.3 Å². The number of carbonyl (C=O) groups is 1. The number of piperidine rings is 1. The molecular formula is C13H16ClN3O. The van der Waals surface area contributed by atoms with E-state index in [0.29, 0.717) is 10.7 Å². The van der Waals surface area contributed by atoms with Crippen molar-refractivity contribution in [3.63, 3.8) is 0 Å². The second kappa shape index (κ2) is 5.87. The lowest BCUT2D eigenvalue weighted by atomic mass is 10.1. The largest absolute Gasteiger partial charge is 0.363 e. The van der Waals surface area contributed by atoms with Crippen molar-refractivity contribution in [2.45, 2.75) is 19.3 Å². The number of amides is 2. The monoisotopic (exact) mass is 265 g/mol. The van der Waals surface area contributed by atoms with E-state index in [-0.39, 0.29) is 6.03 Å². The summed E-state index contributed by atoms with van der Waals surface area (Å²) in [5, 5.41) is 3.37. The Balaban J connectivity index is 1.99. The van der Waals surface area contributed by atoms with Crippen LogP contribution in [0.3, 0.4) is 0 Å². The Morgan fingerprint density at radius 2 is 2.06 bits per heavy atom. The quantitative estimate of drug-likeness (QED) is 0.846. The van der Waals surface area contributed by atoms with E-state index in [9.17, 15) is 4.79 Å². The number of nitrogens with one attached hydrogen (secondary N) is 1. The number of likely N-dealkylation sites (tertiary alicyclic amines) is 1. The number of aliphatic imine (C=N–C) groups is 1. The van der Waals surface area contributed by atoms with E-state index < -0.39 is 0 Å². The standard InChI is InChI=1S/C13H16ClN3O/c1-17-9-3-2-4-12(17)16-13(18)15-11-7-5-10(14)6-8-11/h5-8H,2-4,9H2,1H3,(H,15,18)/b16-12-. The summed E-state index contributed by atoms with van der Waals surface area (Å²) in [6.45, 7) is 0.965. The molecule has 0 aromatic heterocycles. The molecule has 2 rings (SSSR count). The highest BCUT2D eigenvalue weighted by Crippen LogP contribution is 2.14. The summed E-state index contributed by atoms with van der Waals surface area (Å²) in [5.74, 6) is 0.854. The number of urea groups is 1. The van der Waals surface area contributed by atoms with Gasteiger partial charge in [-0.15, -0.1) is 0 Å². The molecule has 0 bridgehead atoms. The van der Waals surface area contributed by atoms with Crippen molar-refractivity contribution >= 4 is 29.2 Å². The fourth-order valence-corrected chi connectivity index (χ4v) is 2.02. The van der Waals surface area contributed by atoms with E-state index in [2.05, 4.69) is 10.3 Å². The van der Waals surface area contributed by atoms with Gasteiger partial charge in [-0.1, -0.05) is 11.6 Å². The first-order valence-corrected chi connectivity index (χ1v) is 6.38. The molecule has 1 N–H and O–H groups in total. The Morgan fingerprint density at radius 3 is 2.72 bits per heavy atom. The molecule has 1 saturated heterocycles. The average molecular weight is 266 g/mol. The zero-order chi connectivity index (χ0) is 13.0. The lowest BCUT2D eigenvalue weighted by Gasteiger charge is -2.25. The number of hydrogen-bond acceptors (Lipinski definition) is 1. The summed E-state index contributed by atoms with van der Waals surface area (Å²) in [4.78, 5) is 17.9. The maximum absolute atomic E-state index is 11.8. The summed E-state index contributed by atoms with van der Waals surface area (Å²) < 4.78 is 0. The molecule has 1 aromatic rings. The van der Waals surface area contributed by atoms with Gasteiger partial charge in [-0.25, -0.2) is 4.79 Å². The highest BCUT2D eigenvalue weighted by Gasteiger charge is 2.13. The summed E-state index contributed by atoms with van der Waals surface area (Å²) in [5.41, 5.74) is 0.701. The second-order valence-corrected chi connectivity index (χ2v) is 4.78. The maximum atomic E-state index is 11.8. The minimum atomic E-state index is -0.332. The van der Waals surface area contributed by atoms with E-state index in [1.165, 1.54) is 0 Å². The van der Waals surface area contributed by atoms with Gasteiger partial charge >= 0.3 is 6.03 Å². The minimum Gasteiger partial charge on any atom is -0.363 e. The number of amidine groups is 1. The van der Waals surface area contributed by atoms with Crippen molar-refractivity contribution in [3.8, 4) is 0 Å². The molecule has 0 spiro atoms. The Morgan fingerprint density at radius 1 is 1.33 bits per heavy atom. The van der Waals surface area contributed by atoms with Crippen LogP contribution in [0.4, 0.5) is 10.5 Å². The Labute approximate surface area is 112 Å². The fourth-order valence-electron chi connectivity index (χ4n) is 1.90. The highest BCUT2D eigenvalue weighted by molar-refractivity contribution is 6.30. The van der Waals surface area contributed by atoms with Crippen LogP contribution in [0.2, 0.25) is 5.02 Å². The van der Waals surface area contributed by atoms with Crippen LogP contribution in [0, 0.1) is 0 Å². The number of anilines is 1. The molecule has 96 valence electrons. The normalized spacial score (nSPS) is 17.9. The molecule has 18 heavy (non-hydrogen) atoms. The third-order valence-corrected chi connectivity index (χ3v) is 3.16. The van der Waals surface area contributed by atoms with Gasteiger partial charge in [0, 0.05) is 30.7 Å². The summed E-state index contributed by atoms with van der Waals surface area (Å²) in [7, 11) is 1.97. The molecule has 2 amide bonds. The van der Waals surface area contributed by atoms with Gasteiger partial charge in [-0.2, -0.15) is 4.99 Å². The number of carbonyl (C=O) groups excluding carboxylic acids is 1. The van der Waals surface area contributed by atoms with Crippen molar-refractivity contribution in [2.75, 3.05) is 18.9 Å². The zero-order valence-electron chi connectivity index (χ0n) is 10.3. The Hall–Kier alpha value is -1.55. The topological polar surface area (TPSA) is 44.7 Å². The number of rotatable bonds is 1. The van der Waals surface area contributed by atoms with Crippen LogP contribution in [-0.4, -0.2) is 30.4 Å². The Kier molecular flexibility index (Phi) is 4.20. The average Bonchev–Trinajstić information content (AvgIpc) is 2.35. The summed E-state index contributed by atoms with van der Waals surface area (Å²) in [6.07, 6.45) is 3.12. The molecule has 1 aliphatic heterocycles. The molecule has 0 saturated carbocycles. The Bertz CT molecular complexity index is 456. The van der Waals surface area contributed by atoms with Gasteiger partial charge in [-0.05, 0) is 37.1 Å². The van der Waals surface area contributed by atoms with Crippen LogP contribution in [0.5, 0.6) is 0 Å². The van der Waals surface area contributed by atoms with Crippen LogP contribution in [0.25, 0.3) is 0 Å². The second-order valence-electron chi connectivity index (χ2n) is 4.34. The van der Waals surface area contributed by atoms with Crippen LogP contribution in [0.15, 0.2) is 29.3 Å². The van der Waals surface area contributed by atoms with Gasteiger partial charge in [0.05, 0.1) is 0 Å². The van der Waals surface area contributed by atoms with E-state index in [0.717, 1.165) is 31.6 Å². The smallest absolute Gasteiger partial charge is 0.347 e. The number of halogens is 1.